The van der Waals surface area contributed by atoms with Crippen LogP contribution in [-0.4, -0.2) is 15.9 Å². The molecule has 2 heterocycles. The molecule has 4 aromatic rings. The number of oxazole rings is 1. The number of para-hydroxylation sites is 2. The number of aromatic nitrogens is 2. The van der Waals surface area contributed by atoms with Crippen molar-refractivity contribution in [3.8, 4) is 23.0 Å². The molecule has 162 valence electrons. The summed E-state index contributed by atoms with van der Waals surface area (Å²) in [5.41, 5.74) is 1.23. The zero-order chi connectivity index (χ0) is 22.5. The van der Waals surface area contributed by atoms with Gasteiger partial charge in [0.05, 0.1) is 21.9 Å². The van der Waals surface area contributed by atoms with E-state index in [1.54, 1.807) is 36.5 Å². The van der Waals surface area contributed by atoms with E-state index < -0.39 is 0 Å². The third kappa shape index (κ3) is 5.40. The first-order chi connectivity index (χ1) is 15.5. The Hall–Kier alpha value is -3.06. The number of rotatable bonds is 7. The number of halogens is 3. The van der Waals surface area contributed by atoms with Crippen molar-refractivity contribution in [1.82, 2.24) is 9.97 Å². The maximum atomic E-state index is 12.5. The first kappa shape index (κ1) is 22.1. The van der Waals surface area contributed by atoms with E-state index in [0.717, 1.165) is 5.56 Å². The van der Waals surface area contributed by atoms with Crippen LogP contribution in [0.2, 0.25) is 15.1 Å². The summed E-state index contributed by atoms with van der Waals surface area (Å²) in [7, 11) is 0. The number of aryl methyl sites for hydroxylation is 1. The Morgan fingerprint density at radius 2 is 1.75 bits per heavy atom. The van der Waals surface area contributed by atoms with Crippen molar-refractivity contribution < 1.29 is 13.9 Å². The number of nitrogens with zero attached hydrogens (tertiary/aromatic N) is 2. The van der Waals surface area contributed by atoms with Crippen molar-refractivity contribution in [3.05, 3.63) is 87.9 Å². The van der Waals surface area contributed by atoms with Gasteiger partial charge in [0.25, 0.3) is 0 Å². The fourth-order valence-corrected chi connectivity index (χ4v) is 3.53. The topological polar surface area (TPSA) is 77.2 Å². The predicted octanol–water partition coefficient (Wildman–Crippen LogP) is 7.06. The molecule has 1 amide bonds. The number of carbonyl (C=O) groups is 1. The Balaban J connectivity index is 1.39. The average molecular weight is 489 g/mol. The molecule has 0 radical (unpaired) electrons. The molecule has 4 rings (SSSR count). The number of hydrogen-bond acceptors (Lipinski definition) is 5. The van der Waals surface area contributed by atoms with Crippen LogP contribution in [0.5, 0.6) is 11.6 Å². The van der Waals surface area contributed by atoms with Crippen LogP contribution >= 0.6 is 34.8 Å². The van der Waals surface area contributed by atoms with Gasteiger partial charge >= 0.3 is 0 Å². The molecule has 0 bridgehead atoms. The Morgan fingerprint density at radius 1 is 0.969 bits per heavy atom. The number of benzene rings is 2. The summed E-state index contributed by atoms with van der Waals surface area (Å²) in [6.45, 7) is 0. The Morgan fingerprint density at radius 3 is 2.56 bits per heavy atom. The number of hydrogen-bond donors (Lipinski definition) is 1. The van der Waals surface area contributed by atoms with Gasteiger partial charge in [0, 0.05) is 24.6 Å². The largest absolute Gasteiger partial charge is 0.441 e. The van der Waals surface area contributed by atoms with Crippen LogP contribution in [0.25, 0.3) is 11.3 Å². The molecule has 0 aliphatic rings. The maximum absolute atomic E-state index is 12.5. The lowest BCUT2D eigenvalue weighted by molar-refractivity contribution is -0.116. The van der Waals surface area contributed by atoms with Gasteiger partial charge in [0.1, 0.15) is 5.02 Å². The number of anilines is 1. The van der Waals surface area contributed by atoms with E-state index in [0.29, 0.717) is 39.6 Å². The second kappa shape index (κ2) is 10.0. The second-order valence-corrected chi connectivity index (χ2v) is 7.94. The molecule has 0 saturated carbocycles. The highest BCUT2D eigenvalue weighted by molar-refractivity contribution is 6.35. The zero-order valence-corrected chi connectivity index (χ0v) is 18.8. The second-order valence-electron chi connectivity index (χ2n) is 6.69. The number of pyridine rings is 1. The van der Waals surface area contributed by atoms with Crippen molar-refractivity contribution in [2.24, 2.45) is 0 Å². The molecule has 2 aromatic heterocycles. The van der Waals surface area contributed by atoms with Gasteiger partial charge in [-0.15, -0.1) is 0 Å². The highest BCUT2D eigenvalue weighted by Crippen LogP contribution is 2.33. The molecule has 0 fully saturated rings. The lowest BCUT2D eigenvalue weighted by Crippen LogP contribution is -2.13. The molecule has 0 aliphatic carbocycles. The lowest BCUT2D eigenvalue weighted by Gasteiger charge is -2.12. The molecule has 1 N–H and O–H groups in total. The number of amides is 1. The third-order valence-electron chi connectivity index (χ3n) is 4.40. The molecule has 2 aromatic carbocycles. The van der Waals surface area contributed by atoms with E-state index in [2.05, 4.69) is 15.3 Å². The van der Waals surface area contributed by atoms with Crippen molar-refractivity contribution in [1.29, 1.82) is 0 Å². The van der Waals surface area contributed by atoms with Gasteiger partial charge in [0.2, 0.25) is 11.8 Å². The predicted molar refractivity (Wildman–Crippen MR) is 125 cm³/mol. The summed E-state index contributed by atoms with van der Waals surface area (Å²) in [5, 5.41) is 4.05. The van der Waals surface area contributed by atoms with E-state index in [1.165, 1.54) is 12.3 Å². The first-order valence-corrected chi connectivity index (χ1v) is 10.7. The molecular weight excluding hydrogens is 473 g/mol. The fourth-order valence-electron chi connectivity index (χ4n) is 2.88. The quantitative estimate of drug-likeness (QED) is 0.301. The maximum Gasteiger partial charge on any atom is 0.238 e. The summed E-state index contributed by atoms with van der Waals surface area (Å²) in [5.74, 6) is 1.35. The molecule has 9 heteroatoms. The standard InChI is InChI=1S/C23H16Cl3N3O3/c24-14-11-17(26)23(28-12-14)32-19-8-4-3-7-18(19)29-21(30)9-10-22-27-13-20(31-22)15-5-1-2-6-16(15)25/h1-8,11-13H,9-10H2,(H,29,30). The Kier molecular flexibility index (Phi) is 6.95. The van der Waals surface area contributed by atoms with E-state index in [1.807, 2.05) is 18.2 Å². The molecule has 6 nitrogen and oxygen atoms in total. The molecule has 32 heavy (non-hydrogen) atoms. The molecule has 0 atom stereocenters. The van der Waals surface area contributed by atoms with Gasteiger partial charge in [-0.05, 0) is 30.3 Å². The summed E-state index contributed by atoms with van der Waals surface area (Å²) in [4.78, 5) is 20.8. The number of carbonyl (C=O) groups excluding carboxylic acids is 1. The summed E-state index contributed by atoms with van der Waals surface area (Å²) in [6, 6.07) is 15.8. The summed E-state index contributed by atoms with van der Waals surface area (Å²) < 4.78 is 11.5. The van der Waals surface area contributed by atoms with E-state index in [4.69, 9.17) is 44.0 Å². The van der Waals surface area contributed by atoms with Gasteiger partial charge in [0.15, 0.2) is 17.4 Å². The average Bonchev–Trinajstić information content (AvgIpc) is 3.25. The van der Waals surface area contributed by atoms with Gasteiger partial charge in [-0.2, -0.15) is 0 Å². The minimum absolute atomic E-state index is 0.163. The van der Waals surface area contributed by atoms with Crippen molar-refractivity contribution >= 4 is 46.4 Å². The zero-order valence-electron chi connectivity index (χ0n) is 16.5. The van der Waals surface area contributed by atoms with Crippen molar-refractivity contribution in [2.45, 2.75) is 12.8 Å². The molecule has 0 spiro atoms. The number of nitrogens with one attached hydrogen (secondary N) is 1. The SMILES string of the molecule is O=C(CCc1ncc(-c2ccccc2Cl)o1)Nc1ccccc1Oc1ncc(Cl)cc1Cl. The van der Waals surface area contributed by atoms with Gasteiger partial charge < -0.3 is 14.5 Å². The summed E-state index contributed by atoms with van der Waals surface area (Å²) in [6.07, 6.45) is 3.51. The van der Waals surface area contributed by atoms with Gasteiger partial charge in [-0.1, -0.05) is 59.1 Å². The molecular formula is C23H16Cl3N3O3. The van der Waals surface area contributed by atoms with E-state index >= 15 is 0 Å². The Labute approximate surface area is 199 Å². The third-order valence-corrected chi connectivity index (χ3v) is 5.21. The van der Waals surface area contributed by atoms with Crippen LogP contribution in [-0.2, 0) is 11.2 Å². The van der Waals surface area contributed by atoms with Crippen molar-refractivity contribution in [3.63, 3.8) is 0 Å². The van der Waals surface area contributed by atoms with Gasteiger partial charge in [-0.25, -0.2) is 9.97 Å². The van der Waals surface area contributed by atoms with E-state index in [9.17, 15) is 4.79 Å². The Bertz CT molecular complexity index is 1260. The smallest absolute Gasteiger partial charge is 0.238 e. The number of ether oxygens (including phenoxy) is 1. The van der Waals surface area contributed by atoms with Crippen LogP contribution in [0.15, 0.2) is 71.4 Å². The minimum Gasteiger partial charge on any atom is -0.441 e. The normalized spacial score (nSPS) is 10.7. The molecule has 0 saturated heterocycles. The first-order valence-electron chi connectivity index (χ1n) is 9.57. The lowest BCUT2D eigenvalue weighted by atomic mass is 10.2. The van der Waals surface area contributed by atoms with Crippen LogP contribution in [0, 0.1) is 0 Å². The van der Waals surface area contributed by atoms with Gasteiger partial charge in [-0.3, -0.25) is 4.79 Å². The highest BCUT2D eigenvalue weighted by Gasteiger charge is 2.14. The summed E-state index contributed by atoms with van der Waals surface area (Å²) >= 11 is 18.2. The van der Waals surface area contributed by atoms with Crippen molar-refractivity contribution in [2.75, 3.05) is 5.32 Å². The highest BCUT2D eigenvalue weighted by atomic mass is 35.5. The fraction of sp³-hybridized carbons (Fsp3) is 0.0870. The monoisotopic (exact) mass is 487 g/mol. The molecule has 0 aliphatic heterocycles. The molecule has 0 unspecified atom stereocenters. The van der Waals surface area contributed by atoms with Crippen LogP contribution < -0.4 is 10.1 Å². The van der Waals surface area contributed by atoms with Crippen LogP contribution in [0.3, 0.4) is 0 Å². The van der Waals surface area contributed by atoms with E-state index in [-0.39, 0.29) is 23.2 Å². The van der Waals surface area contributed by atoms with Crippen LogP contribution in [0.1, 0.15) is 12.3 Å². The van der Waals surface area contributed by atoms with Crippen LogP contribution in [0.4, 0.5) is 5.69 Å². The minimum atomic E-state index is -0.228.